The number of hydrogen-bond acceptors (Lipinski definition) is 7. The van der Waals surface area contributed by atoms with Gasteiger partial charge in [-0.1, -0.05) is 0 Å². The molecule has 0 radical (unpaired) electrons. The summed E-state index contributed by atoms with van der Waals surface area (Å²) in [6.07, 6.45) is 0. The van der Waals surface area contributed by atoms with Crippen LogP contribution < -0.4 is 9.64 Å². The van der Waals surface area contributed by atoms with E-state index in [4.69, 9.17) is 23.7 Å². The third kappa shape index (κ3) is 8.58. The average Bonchev–Trinajstić information content (AvgIpc) is 2.90. The van der Waals surface area contributed by atoms with E-state index in [1.165, 1.54) is 7.11 Å². The van der Waals surface area contributed by atoms with E-state index in [-0.39, 0.29) is 0 Å². The maximum atomic E-state index is 12.7. The highest BCUT2D eigenvalue weighted by atomic mass is 127. The number of esters is 1. The van der Waals surface area contributed by atoms with Crippen molar-refractivity contribution >= 4 is 68.2 Å². The first-order valence-corrected chi connectivity index (χ1v) is 13.5. The van der Waals surface area contributed by atoms with E-state index < -0.39 is 5.97 Å². The molecule has 192 valence electrons. The van der Waals surface area contributed by atoms with Gasteiger partial charge in [0.1, 0.15) is 17.9 Å². The van der Waals surface area contributed by atoms with E-state index in [9.17, 15) is 4.79 Å². The first-order chi connectivity index (χ1) is 17.5. The third-order valence-corrected chi connectivity index (χ3v) is 6.52. The smallest absolute Gasteiger partial charge is 0.341 e. The number of methoxy groups -OCH3 is 2. The van der Waals surface area contributed by atoms with Crippen LogP contribution in [-0.4, -0.2) is 59.8 Å². The molecular formula is C27H29I2NO6. The van der Waals surface area contributed by atoms with Gasteiger partial charge in [0, 0.05) is 31.3 Å². The lowest BCUT2D eigenvalue weighted by molar-refractivity contribution is 0.0178. The summed E-state index contributed by atoms with van der Waals surface area (Å²) in [6, 6.07) is 21.9. The van der Waals surface area contributed by atoms with Gasteiger partial charge in [0.25, 0.3) is 0 Å². The van der Waals surface area contributed by atoms with E-state index in [1.54, 1.807) is 19.2 Å². The van der Waals surface area contributed by atoms with E-state index >= 15 is 0 Å². The van der Waals surface area contributed by atoms with Crippen molar-refractivity contribution in [1.29, 1.82) is 0 Å². The second-order valence-electron chi connectivity index (χ2n) is 7.53. The zero-order valence-corrected chi connectivity index (χ0v) is 24.6. The Hall–Kier alpha value is -1.93. The Bertz CT molecular complexity index is 1050. The number of carbonyl (C=O) groups is 1. The Labute approximate surface area is 239 Å². The molecule has 7 nitrogen and oxygen atoms in total. The number of anilines is 3. The summed E-state index contributed by atoms with van der Waals surface area (Å²) in [4.78, 5) is 14.7. The molecule has 3 rings (SSSR count). The zero-order valence-electron chi connectivity index (χ0n) is 20.2. The fourth-order valence-corrected chi connectivity index (χ4v) is 4.07. The van der Waals surface area contributed by atoms with Gasteiger partial charge in [0.05, 0.1) is 40.1 Å². The van der Waals surface area contributed by atoms with Crippen molar-refractivity contribution in [2.75, 3.05) is 58.8 Å². The van der Waals surface area contributed by atoms with Crippen LogP contribution in [0.25, 0.3) is 0 Å². The van der Waals surface area contributed by atoms with E-state index in [0.29, 0.717) is 51.0 Å². The molecule has 0 saturated carbocycles. The summed E-state index contributed by atoms with van der Waals surface area (Å²) in [6.45, 7) is 2.69. The van der Waals surface area contributed by atoms with Crippen molar-refractivity contribution in [3.8, 4) is 5.75 Å². The van der Waals surface area contributed by atoms with Crippen molar-refractivity contribution in [3.63, 3.8) is 0 Å². The Kier molecular flexibility index (Phi) is 12.2. The SMILES string of the molecule is COCCOCCOCCOc1ccc(N(c2ccc(I)cc2)c2ccc(I)cc2)cc1C(=O)OC. The zero-order chi connectivity index (χ0) is 25.8. The predicted molar refractivity (Wildman–Crippen MR) is 157 cm³/mol. The standard InChI is InChI=1S/C27H29I2NO6/c1-32-13-14-34-15-16-35-17-18-36-26-12-11-24(19-25(26)27(31)33-2)30(22-7-3-20(28)4-8-22)23-9-5-21(29)6-10-23/h3-12,19H,13-18H2,1-2H3. The quantitative estimate of drug-likeness (QED) is 0.112. The lowest BCUT2D eigenvalue weighted by atomic mass is 10.1. The number of nitrogens with zero attached hydrogens (tertiary/aromatic N) is 1. The van der Waals surface area contributed by atoms with Gasteiger partial charge in [0.15, 0.2) is 0 Å². The fraction of sp³-hybridized carbons (Fsp3) is 0.296. The van der Waals surface area contributed by atoms with Crippen LogP contribution in [0.5, 0.6) is 5.75 Å². The number of halogens is 2. The molecule has 0 aromatic heterocycles. The van der Waals surface area contributed by atoms with Crippen LogP contribution >= 0.6 is 45.2 Å². The molecule has 0 unspecified atom stereocenters. The number of ether oxygens (including phenoxy) is 5. The van der Waals surface area contributed by atoms with Gasteiger partial charge in [0.2, 0.25) is 0 Å². The highest BCUT2D eigenvalue weighted by Gasteiger charge is 2.19. The van der Waals surface area contributed by atoms with Gasteiger partial charge >= 0.3 is 5.97 Å². The third-order valence-electron chi connectivity index (χ3n) is 5.09. The second-order valence-corrected chi connectivity index (χ2v) is 10.0. The van der Waals surface area contributed by atoms with Crippen LogP contribution in [0, 0.1) is 7.14 Å². The molecule has 0 aliphatic rings. The number of carbonyl (C=O) groups excluding carboxylic acids is 1. The first kappa shape index (κ1) is 28.6. The molecule has 0 aliphatic heterocycles. The molecule has 0 bridgehead atoms. The van der Waals surface area contributed by atoms with Crippen molar-refractivity contribution in [2.45, 2.75) is 0 Å². The van der Waals surface area contributed by atoms with Crippen LogP contribution in [-0.2, 0) is 18.9 Å². The summed E-state index contributed by atoms with van der Waals surface area (Å²) in [5.41, 5.74) is 3.11. The molecule has 0 heterocycles. The Morgan fingerprint density at radius 2 is 1.19 bits per heavy atom. The summed E-state index contributed by atoms with van der Waals surface area (Å²) < 4.78 is 29.0. The van der Waals surface area contributed by atoms with Crippen LogP contribution in [0.1, 0.15) is 10.4 Å². The predicted octanol–water partition coefficient (Wildman–Crippen LogP) is 6.21. The van der Waals surface area contributed by atoms with Crippen molar-refractivity contribution < 1.29 is 28.5 Å². The first-order valence-electron chi connectivity index (χ1n) is 11.3. The minimum absolute atomic E-state index is 0.291. The lowest BCUT2D eigenvalue weighted by Gasteiger charge is -2.26. The van der Waals surface area contributed by atoms with Crippen LogP contribution in [0.3, 0.4) is 0 Å². The maximum Gasteiger partial charge on any atom is 0.341 e. The second kappa shape index (κ2) is 15.4. The van der Waals surface area contributed by atoms with Gasteiger partial charge < -0.3 is 28.6 Å². The van der Waals surface area contributed by atoms with Crippen molar-refractivity contribution in [2.24, 2.45) is 0 Å². The molecule has 3 aromatic rings. The maximum absolute atomic E-state index is 12.7. The minimum Gasteiger partial charge on any atom is -0.490 e. The van der Waals surface area contributed by atoms with Crippen LogP contribution in [0.4, 0.5) is 17.1 Å². The summed E-state index contributed by atoms with van der Waals surface area (Å²) in [5, 5.41) is 0. The van der Waals surface area contributed by atoms with Gasteiger partial charge in [-0.25, -0.2) is 4.79 Å². The summed E-state index contributed by atoms with van der Waals surface area (Å²) >= 11 is 4.57. The van der Waals surface area contributed by atoms with Crippen molar-refractivity contribution in [1.82, 2.24) is 0 Å². The molecule has 0 saturated heterocycles. The van der Waals surface area contributed by atoms with E-state index in [1.807, 2.05) is 6.07 Å². The van der Waals surface area contributed by atoms with Gasteiger partial charge in [-0.15, -0.1) is 0 Å². The Balaban J connectivity index is 1.77. The van der Waals surface area contributed by atoms with Crippen LogP contribution in [0.2, 0.25) is 0 Å². The number of benzene rings is 3. The molecule has 0 spiro atoms. The number of rotatable bonds is 14. The molecule has 0 aliphatic carbocycles. The molecule has 0 fully saturated rings. The van der Waals surface area contributed by atoms with E-state index in [2.05, 4.69) is 98.6 Å². The highest BCUT2D eigenvalue weighted by molar-refractivity contribution is 14.1. The molecule has 0 amide bonds. The molecule has 3 aromatic carbocycles. The summed E-state index contributed by atoms with van der Waals surface area (Å²) in [5.74, 6) is -0.0276. The molecule has 9 heteroatoms. The average molecular weight is 717 g/mol. The fourth-order valence-electron chi connectivity index (χ4n) is 3.35. The minimum atomic E-state index is -0.468. The molecular weight excluding hydrogens is 688 g/mol. The topological polar surface area (TPSA) is 66.5 Å². The highest BCUT2D eigenvalue weighted by Crippen LogP contribution is 2.37. The monoisotopic (exact) mass is 717 g/mol. The van der Waals surface area contributed by atoms with Gasteiger partial charge in [-0.05, 0) is 112 Å². The van der Waals surface area contributed by atoms with E-state index in [0.717, 1.165) is 24.2 Å². The molecule has 0 atom stereocenters. The molecule has 36 heavy (non-hydrogen) atoms. The Morgan fingerprint density at radius 3 is 1.72 bits per heavy atom. The number of hydrogen-bond donors (Lipinski definition) is 0. The van der Waals surface area contributed by atoms with Crippen LogP contribution in [0.15, 0.2) is 66.7 Å². The summed E-state index contributed by atoms with van der Waals surface area (Å²) in [7, 11) is 3.00. The lowest BCUT2D eigenvalue weighted by Crippen LogP contribution is -2.15. The van der Waals surface area contributed by atoms with Crippen molar-refractivity contribution in [3.05, 3.63) is 79.4 Å². The van der Waals surface area contributed by atoms with Gasteiger partial charge in [-0.3, -0.25) is 0 Å². The normalized spacial score (nSPS) is 10.8. The Morgan fingerprint density at radius 1 is 0.694 bits per heavy atom. The molecule has 0 N–H and O–H groups in total. The van der Waals surface area contributed by atoms with Gasteiger partial charge in [-0.2, -0.15) is 0 Å². The largest absolute Gasteiger partial charge is 0.490 e.